The lowest BCUT2D eigenvalue weighted by molar-refractivity contribution is -0.113. The summed E-state index contributed by atoms with van der Waals surface area (Å²) in [7, 11) is -1.86. The Morgan fingerprint density at radius 1 is 0.943 bits per heavy atom. The Balaban J connectivity index is 1.38. The molecule has 1 heterocycles. The molecule has 0 saturated carbocycles. The van der Waals surface area contributed by atoms with E-state index >= 15 is 0 Å². The number of hydrogen-bond donors (Lipinski definition) is 1. The zero-order chi connectivity index (χ0) is 24.8. The van der Waals surface area contributed by atoms with E-state index in [0.717, 1.165) is 21.0 Å². The van der Waals surface area contributed by atoms with Crippen LogP contribution in [0.25, 0.3) is 0 Å². The number of rotatable bonds is 9. The molecule has 0 aliphatic heterocycles. The normalized spacial score (nSPS) is 11.4. The van der Waals surface area contributed by atoms with Crippen molar-refractivity contribution in [2.75, 3.05) is 11.1 Å². The predicted molar refractivity (Wildman–Crippen MR) is 139 cm³/mol. The van der Waals surface area contributed by atoms with Crippen molar-refractivity contribution in [3.8, 4) is 0 Å². The van der Waals surface area contributed by atoms with Crippen LogP contribution in [-0.2, 0) is 27.4 Å². The summed E-state index contributed by atoms with van der Waals surface area (Å²) in [5.74, 6) is -0.0248. The third-order valence-corrected chi connectivity index (χ3v) is 8.82. The van der Waals surface area contributed by atoms with E-state index in [2.05, 4.69) is 15.5 Å². The van der Waals surface area contributed by atoms with Gasteiger partial charge in [-0.25, -0.2) is 8.42 Å². The maximum absolute atomic E-state index is 12.8. The van der Waals surface area contributed by atoms with Gasteiger partial charge in [-0.2, -0.15) is 0 Å². The lowest BCUT2D eigenvalue weighted by Gasteiger charge is -2.10. The van der Waals surface area contributed by atoms with Gasteiger partial charge in [0.1, 0.15) is 11.6 Å². The molecule has 7 nitrogen and oxygen atoms in total. The van der Waals surface area contributed by atoms with E-state index in [4.69, 9.17) is 0 Å². The molecule has 35 heavy (non-hydrogen) atoms. The quantitative estimate of drug-likeness (QED) is 0.309. The van der Waals surface area contributed by atoms with Crippen molar-refractivity contribution in [3.05, 3.63) is 90.3 Å². The fourth-order valence-corrected chi connectivity index (χ4v) is 6.15. The molecule has 10 heteroatoms. The van der Waals surface area contributed by atoms with Crippen molar-refractivity contribution in [1.29, 1.82) is 0 Å². The molecule has 0 bridgehead atoms. The molecule has 4 rings (SSSR count). The topological polar surface area (TPSA) is 94.0 Å². The number of amides is 1. The fourth-order valence-electron chi connectivity index (χ4n) is 3.19. The summed E-state index contributed by atoms with van der Waals surface area (Å²) < 4.78 is 27.1. The minimum Gasteiger partial charge on any atom is -0.324 e. The maximum Gasteiger partial charge on any atom is 0.234 e. The zero-order valence-corrected chi connectivity index (χ0v) is 21.7. The number of nitrogens with zero attached hydrogens (tertiary/aromatic N) is 3. The van der Waals surface area contributed by atoms with Crippen LogP contribution >= 0.6 is 23.5 Å². The van der Waals surface area contributed by atoms with Crippen molar-refractivity contribution in [1.82, 2.24) is 14.8 Å². The van der Waals surface area contributed by atoms with Crippen LogP contribution < -0.4 is 5.32 Å². The van der Waals surface area contributed by atoms with E-state index in [1.165, 1.54) is 11.8 Å². The number of thioether (sulfide) groups is 1. The van der Waals surface area contributed by atoms with Crippen LogP contribution in [0.4, 0.5) is 5.69 Å². The van der Waals surface area contributed by atoms with Gasteiger partial charge in [-0.3, -0.25) is 4.79 Å². The third kappa shape index (κ3) is 6.53. The smallest absolute Gasteiger partial charge is 0.234 e. The Morgan fingerprint density at radius 2 is 1.63 bits per heavy atom. The fraction of sp³-hybridized carbons (Fsp3) is 0.160. The van der Waals surface area contributed by atoms with Gasteiger partial charge in [0.05, 0.1) is 16.3 Å². The van der Waals surface area contributed by atoms with Crippen molar-refractivity contribution < 1.29 is 13.2 Å². The number of anilines is 1. The first-order valence-corrected chi connectivity index (χ1v) is 14.2. The van der Waals surface area contributed by atoms with Crippen LogP contribution in [-0.4, -0.2) is 34.8 Å². The highest BCUT2D eigenvalue weighted by molar-refractivity contribution is 8.00. The van der Waals surface area contributed by atoms with Crippen LogP contribution in [0, 0.1) is 6.92 Å². The molecule has 0 fully saturated rings. The Kier molecular flexibility index (Phi) is 7.94. The molecule has 0 aliphatic rings. The molecule has 0 spiro atoms. The van der Waals surface area contributed by atoms with Crippen molar-refractivity contribution in [2.45, 2.75) is 32.5 Å². The van der Waals surface area contributed by atoms with Crippen molar-refractivity contribution in [2.24, 2.45) is 7.05 Å². The Bertz CT molecular complexity index is 1420. The lowest BCUT2D eigenvalue weighted by Crippen LogP contribution is -2.15. The van der Waals surface area contributed by atoms with Gasteiger partial charge in [-0.1, -0.05) is 71.6 Å². The predicted octanol–water partition coefficient (Wildman–Crippen LogP) is 4.98. The number of sulfone groups is 1. The summed E-state index contributed by atoms with van der Waals surface area (Å²) >= 11 is 2.78. The largest absolute Gasteiger partial charge is 0.324 e. The number of carbonyl (C=O) groups is 1. The number of hydrogen-bond acceptors (Lipinski definition) is 7. The summed E-state index contributed by atoms with van der Waals surface area (Å²) in [6, 6.07) is 24.3. The van der Waals surface area contributed by atoms with E-state index in [1.54, 1.807) is 47.6 Å². The Hall–Kier alpha value is -3.08. The van der Waals surface area contributed by atoms with Crippen LogP contribution in [0.15, 0.2) is 98.7 Å². The molecule has 1 N–H and O–H groups in total. The molecule has 0 saturated heterocycles. The first-order chi connectivity index (χ1) is 16.8. The Morgan fingerprint density at radius 3 is 2.37 bits per heavy atom. The second kappa shape index (κ2) is 11.1. The van der Waals surface area contributed by atoms with Gasteiger partial charge in [-0.15, -0.1) is 10.2 Å². The van der Waals surface area contributed by atoms with Crippen molar-refractivity contribution >= 4 is 45.0 Å². The number of nitrogens with one attached hydrogen (secondary N) is 1. The highest BCUT2D eigenvalue weighted by Crippen LogP contribution is 2.33. The van der Waals surface area contributed by atoms with Gasteiger partial charge >= 0.3 is 0 Å². The average Bonchev–Trinajstić information content (AvgIpc) is 3.18. The van der Waals surface area contributed by atoms with E-state index in [-0.39, 0.29) is 22.3 Å². The number of benzene rings is 3. The Labute approximate surface area is 213 Å². The van der Waals surface area contributed by atoms with Crippen molar-refractivity contribution in [3.63, 3.8) is 0 Å². The van der Waals surface area contributed by atoms with E-state index in [1.807, 2.05) is 61.5 Å². The van der Waals surface area contributed by atoms with Crippen LogP contribution in [0.2, 0.25) is 0 Å². The van der Waals surface area contributed by atoms with Gasteiger partial charge in [0.2, 0.25) is 5.91 Å². The zero-order valence-electron chi connectivity index (χ0n) is 19.2. The summed E-state index contributed by atoms with van der Waals surface area (Å²) in [4.78, 5) is 14.9. The number of carbonyl (C=O) groups excluding carboxylic acids is 1. The molecular formula is C25H24N4O3S3. The molecule has 3 aromatic carbocycles. The molecular weight excluding hydrogens is 501 g/mol. The summed E-state index contributed by atoms with van der Waals surface area (Å²) in [6.07, 6.45) is 0. The summed E-state index contributed by atoms with van der Waals surface area (Å²) in [5, 5.41) is 11.6. The second-order valence-electron chi connectivity index (χ2n) is 7.78. The van der Waals surface area contributed by atoms with Gasteiger partial charge in [0, 0.05) is 16.8 Å². The standard InChI is InChI=1S/C25H24N4O3S3/c1-18-12-14-20(15-13-18)35(31,32)17-23-27-28-25(29(23)2)33-16-24(30)26-21-10-6-7-11-22(21)34-19-8-4-3-5-9-19/h3-15H,16-17H2,1-2H3,(H,26,30). The first kappa shape index (κ1) is 25.0. The average molecular weight is 525 g/mol. The second-order valence-corrected chi connectivity index (χ2v) is 11.8. The van der Waals surface area contributed by atoms with Gasteiger partial charge in [0.15, 0.2) is 15.0 Å². The van der Waals surface area contributed by atoms with E-state index in [9.17, 15) is 13.2 Å². The lowest BCUT2D eigenvalue weighted by atomic mass is 10.2. The number of aryl methyl sites for hydroxylation is 1. The molecule has 0 unspecified atom stereocenters. The molecule has 4 aromatic rings. The molecule has 1 amide bonds. The highest BCUT2D eigenvalue weighted by atomic mass is 32.2. The first-order valence-electron chi connectivity index (χ1n) is 10.7. The van der Waals surface area contributed by atoms with E-state index in [0.29, 0.717) is 11.0 Å². The van der Waals surface area contributed by atoms with Crippen LogP contribution in [0.1, 0.15) is 11.4 Å². The summed E-state index contributed by atoms with van der Waals surface area (Å²) in [6.45, 7) is 1.90. The molecule has 0 atom stereocenters. The third-order valence-electron chi connectivity index (χ3n) is 5.09. The molecule has 0 aliphatic carbocycles. The van der Waals surface area contributed by atoms with Gasteiger partial charge in [-0.05, 0) is 43.3 Å². The number of aromatic nitrogens is 3. The molecule has 1 aromatic heterocycles. The van der Waals surface area contributed by atoms with Crippen LogP contribution in [0.3, 0.4) is 0 Å². The molecule has 180 valence electrons. The van der Waals surface area contributed by atoms with Crippen LogP contribution in [0.5, 0.6) is 0 Å². The maximum atomic E-state index is 12.8. The number of para-hydroxylation sites is 1. The van der Waals surface area contributed by atoms with E-state index < -0.39 is 9.84 Å². The molecule has 0 radical (unpaired) electrons. The van der Waals surface area contributed by atoms with Gasteiger partial charge in [0.25, 0.3) is 0 Å². The SMILES string of the molecule is Cc1ccc(S(=O)(=O)Cc2nnc(SCC(=O)Nc3ccccc3Sc3ccccc3)n2C)cc1. The summed E-state index contributed by atoms with van der Waals surface area (Å²) in [5.41, 5.74) is 1.72. The minimum absolute atomic E-state index is 0.112. The highest BCUT2D eigenvalue weighted by Gasteiger charge is 2.21. The minimum atomic E-state index is -3.56. The van der Waals surface area contributed by atoms with Gasteiger partial charge < -0.3 is 9.88 Å². The monoisotopic (exact) mass is 524 g/mol.